The van der Waals surface area contributed by atoms with Crippen LogP contribution in [0.1, 0.15) is 23.6 Å². The fraction of sp³-hybridized carbons (Fsp3) is 0.100. The van der Waals surface area contributed by atoms with Crippen molar-refractivity contribution >= 4 is 23.0 Å². The van der Waals surface area contributed by atoms with Gasteiger partial charge in [0.05, 0.1) is 0 Å². The lowest BCUT2D eigenvalue weighted by atomic mass is 10.1. The van der Waals surface area contributed by atoms with Crippen molar-refractivity contribution in [3.8, 4) is 11.8 Å². The van der Waals surface area contributed by atoms with Crippen LogP contribution in [0.4, 0.5) is 0 Å². The van der Waals surface area contributed by atoms with Gasteiger partial charge in [0, 0.05) is 41.5 Å². The molecule has 2 N–H and O–H groups in total. The lowest BCUT2D eigenvalue weighted by molar-refractivity contribution is -0.116. The summed E-state index contributed by atoms with van der Waals surface area (Å²) in [5.74, 6) is 6.26. The van der Waals surface area contributed by atoms with Gasteiger partial charge in [0.15, 0.2) is 0 Å². The number of aromatic nitrogens is 2. The second-order valence-electron chi connectivity index (χ2n) is 5.20. The number of nitrogens with zero attached hydrogens (tertiary/aromatic N) is 1. The number of likely N-dealkylation sites (N-methyl/N-ethyl adjacent to an activating group) is 1. The normalized spacial score (nSPS) is 10.5. The van der Waals surface area contributed by atoms with Gasteiger partial charge in [-0.3, -0.25) is 4.79 Å². The highest BCUT2D eigenvalue weighted by Crippen LogP contribution is 2.14. The first-order valence-corrected chi connectivity index (χ1v) is 7.76. The van der Waals surface area contributed by atoms with Gasteiger partial charge >= 0.3 is 0 Å². The molecule has 2 heterocycles. The molecule has 1 amide bonds. The largest absolute Gasteiger partial charge is 0.353 e. The lowest BCUT2D eigenvalue weighted by Gasteiger charge is -1.97. The highest BCUT2D eigenvalue weighted by atomic mass is 16.1. The van der Waals surface area contributed by atoms with Crippen molar-refractivity contribution in [3.63, 3.8) is 0 Å². The Morgan fingerprint density at radius 2 is 2.21 bits per heavy atom. The number of carbonyl (C=O) groups excluding carboxylic acids is 1. The molecule has 4 heteroatoms. The minimum Gasteiger partial charge on any atom is -0.353 e. The van der Waals surface area contributed by atoms with E-state index in [9.17, 15) is 4.79 Å². The number of fused-ring (bicyclic) bond motifs is 1. The maximum Gasteiger partial charge on any atom is 0.243 e. The molecule has 0 fully saturated rings. The number of carbonyl (C=O) groups is 1. The van der Waals surface area contributed by atoms with E-state index in [1.807, 2.05) is 49.5 Å². The number of pyridine rings is 1. The van der Waals surface area contributed by atoms with Crippen LogP contribution in [-0.2, 0) is 4.79 Å². The zero-order valence-corrected chi connectivity index (χ0v) is 13.3. The van der Waals surface area contributed by atoms with E-state index in [0.717, 1.165) is 27.7 Å². The summed E-state index contributed by atoms with van der Waals surface area (Å²) in [6, 6.07) is 11.7. The zero-order chi connectivity index (χ0) is 16.8. The summed E-state index contributed by atoms with van der Waals surface area (Å²) in [6.07, 6.45) is 6.92. The van der Waals surface area contributed by atoms with Gasteiger partial charge in [0.25, 0.3) is 0 Å². The Morgan fingerprint density at radius 3 is 3.08 bits per heavy atom. The minimum atomic E-state index is -0.0966. The average Bonchev–Trinajstić information content (AvgIpc) is 3.08. The Morgan fingerprint density at radius 1 is 1.29 bits per heavy atom. The quantitative estimate of drug-likeness (QED) is 0.576. The van der Waals surface area contributed by atoms with E-state index in [1.165, 1.54) is 6.08 Å². The van der Waals surface area contributed by atoms with Gasteiger partial charge in [0.2, 0.25) is 5.91 Å². The lowest BCUT2D eigenvalue weighted by Crippen LogP contribution is -2.19. The molecule has 4 nitrogen and oxygen atoms in total. The molecule has 0 unspecified atom stereocenters. The van der Waals surface area contributed by atoms with Gasteiger partial charge in [-0.25, -0.2) is 4.98 Å². The maximum absolute atomic E-state index is 11.5. The second-order valence-corrected chi connectivity index (χ2v) is 5.20. The monoisotopic (exact) mass is 315 g/mol. The summed E-state index contributed by atoms with van der Waals surface area (Å²) in [5.41, 5.74) is 3.60. The van der Waals surface area contributed by atoms with Crippen LogP contribution in [-0.4, -0.2) is 22.4 Å². The van der Waals surface area contributed by atoms with Crippen LogP contribution in [0, 0.1) is 11.8 Å². The molecule has 0 aliphatic carbocycles. The molecule has 0 spiro atoms. The van der Waals surface area contributed by atoms with Crippen molar-refractivity contribution in [3.05, 3.63) is 71.6 Å². The van der Waals surface area contributed by atoms with E-state index in [2.05, 4.69) is 27.1 Å². The van der Waals surface area contributed by atoms with Crippen molar-refractivity contribution in [1.82, 2.24) is 15.3 Å². The number of aromatic amines is 1. The predicted molar refractivity (Wildman–Crippen MR) is 96.2 cm³/mol. The van der Waals surface area contributed by atoms with Crippen LogP contribution in [0.5, 0.6) is 0 Å². The Kier molecular flexibility index (Phi) is 4.73. The molecule has 0 saturated heterocycles. The summed E-state index contributed by atoms with van der Waals surface area (Å²) in [7, 11) is 0. The van der Waals surface area contributed by atoms with E-state index in [4.69, 9.17) is 0 Å². The van der Waals surface area contributed by atoms with Crippen LogP contribution in [0.25, 0.3) is 17.1 Å². The van der Waals surface area contributed by atoms with Crippen LogP contribution < -0.4 is 5.32 Å². The molecule has 1 aromatic carbocycles. The second kappa shape index (κ2) is 7.30. The van der Waals surface area contributed by atoms with Crippen LogP contribution in [0.15, 0.2) is 54.9 Å². The van der Waals surface area contributed by atoms with E-state index in [-0.39, 0.29) is 5.91 Å². The van der Waals surface area contributed by atoms with Crippen LogP contribution >= 0.6 is 0 Å². The van der Waals surface area contributed by atoms with Gasteiger partial charge in [-0.1, -0.05) is 24.0 Å². The fourth-order valence-electron chi connectivity index (χ4n) is 2.33. The molecule has 118 valence electrons. The molecule has 0 aliphatic rings. The van der Waals surface area contributed by atoms with Crippen LogP contribution in [0.3, 0.4) is 0 Å². The number of rotatable bonds is 3. The molecular weight excluding hydrogens is 298 g/mol. The highest BCUT2D eigenvalue weighted by molar-refractivity contribution is 5.91. The smallest absolute Gasteiger partial charge is 0.243 e. The highest BCUT2D eigenvalue weighted by Gasteiger charge is 1.99. The van der Waals surface area contributed by atoms with E-state index in [0.29, 0.717) is 6.54 Å². The number of nitrogens with one attached hydrogen (secondary N) is 2. The van der Waals surface area contributed by atoms with Gasteiger partial charge in [-0.2, -0.15) is 0 Å². The molecular formula is C20H17N3O. The Hall–Kier alpha value is -3.32. The Labute approximate surface area is 140 Å². The molecule has 3 aromatic rings. The summed E-state index contributed by atoms with van der Waals surface area (Å²) in [4.78, 5) is 18.8. The van der Waals surface area contributed by atoms with Gasteiger partial charge in [-0.15, -0.1) is 0 Å². The summed E-state index contributed by atoms with van der Waals surface area (Å²) < 4.78 is 0. The molecule has 0 saturated carbocycles. The Bertz CT molecular complexity index is 957. The molecule has 24 heavy (non-hydrogen) atoms. The van der Waals surface area contributed by atoms with Gasteiger partial charge < -0.3 is 10.3 Å². The van der Waals surface area contributed by atoms with Gasteiger partial charge in [-0.05, 0) is 42.8 Å². The number of benzene rings is 1. The van der Waals surface area contributed by atoms with E-state index < -0.39 is 0 Å². The summed E-state index contributed by atoms with van der Waals surface area (Å²) in [6.45, 7) is 2.51. The van der Waals surface area contributed by atoms with Gasteiger partial charge in [0.1, 0.15) is 5.65 Å². The molecule has 0 bridgehead atoms. The number of H-pyrrole nitrogens is 1. The standard InChI is InChI=1S/C20H17N3O/c1-2-21-19(24)9-7-16-5-3-4-15(14-16)6-8-17-10-12-22-20-18(17)11-13-23-20/h3-5,7,9-14H,2H2,1H3,(H,21,24)(H,22,23). The third-order valence-electron chi connectivity index (χ3n) is 3.47. The SMILES string of the molecule is CCNC(=O)C=Cc1cccc(C#Cc2ccnc3[nH]ccc23)c1. The fourth-order valence-corrected chi connectivity index (χ4v) is 2.33. The number of hydrogen-bond acceptors (Lipinski definition) is 2. The minimum absolute atomic E-state index is 0.0966. The summed E-state index contributed by atoms with van der Waals surface area (Å²) in [5, 5.41) is 3.74. The number of amides is 1. The van der Waals surface area contributed by atoms with Crippen molar-refractivity contribution in [2.24, 2.45) is 0 Å². The molecule has 3 rings (SSSR count). The molecule has 0 atom stereocenters. The van der Waals surface area contributed by atoms with Crippen molar-refractivity contribution < 1.29 is 4.79 Å². The van der Waals surface area contributed by atoms with E-state index in [1.54, 1.807) is 12.3 Å². The number of hydrogen-bond donors (Lipinski definition) is 2. The average molecular weight is 315 g/mol. The van der Waals surface area contributed by atoms with Crippen molar-refractivity contribution in [2.45, 2.75) is 6.92 Å². The third-order valence-corrected chi connectivity index (χ3v) is 3.47. The van der Waals surface area contributed by atoms with Crippen LogP contribution in [0.2, 0.25) is 0 Å². The molecule has 0 aliphatic heterocycles. The zero-order valence-electron chi connectivity index (χ0n) is 13.3. The first-order valence-electron chi connectivity index (χ1n) is 7.76. The van der Waals surface area contributed by atoms with Crippen molar-refractivity contribution in [1.29, 1.82) is 0 Å². The predicted octanol–water partition coefficient (Wildman–Crippen LogP) is 3.11. The third kappa shape index (κ3) is 3.71. The maximum atomic E-state index is 11.5. The summed E-state index contributed by atoms with van der Waals surface area (Å²) >= 11 is 0. The topological polar surface area (TPSA) is 57.8 Å². The Balaban J connectivity index is 1.83. The first kappa shape index (κ1) is 15.6. The molecule has 0 radical (unpaired) electrons. The first-order chi connectivity index (χ1) is 11.8. The van der Waals surface area contributed by atoms with E-state index >= 15 is 0 Å². The molecule has 2 aromatic heterocycles. The van der Waals surface area contributed by atoms with Crippen molar-refractivity contribution in [2.75, 3.05) is 6.54 Å².